The monoisotopic (exact) mass is 436 g/mol. The van der Waals surface area contributed by atoms with Crippen LogP contribution in [-0.2, 0) is 24.1 Å². The van der Waals surface area contributed by atoms with Crippen molar-refractivity contribution in [3.8, 4) is 0 Å². The number of fused-ring (bicyclic) bond motifs is 1. The van der Waals surface area contributed by atoms with Crippen LogP contribution in [0.2, 0.25) is 0 Å². The third-order valence-electron chi connectivity index (χ3n) is 4.78. The lowest BCUT2D eigenvalue weighted by Gasteiger charge is -2.04. The van der Waals surface area contributed by atoms with Crippen molar-refractivity contribution in [3.05, 3.63) is 68.6 Å². The second kappa shape index (κ2) is 9.02. The van der Waals surface area contributed by atoms with E-state index < -0.39 is 0 Å². The molecule has 154 valence electrons. The molecule has 0 saturated heterocycles. The average Bonchev–Trinajstić information content (AvgIpc) is 3.27. The minimum atomic E-state index is -0.0780. The van der Waals surface area contributed by atoms with Gasteiger partial charge in [-0.25, -0.2) is 4.98 Å². The lowest BCUT2D eigenvalue weighted by Crippen LogP contribution is -2.14. The summed E-state index contributed by atoms with van der Waals surface area (Å²) in [4.78, 5) is 18.2. The fourth-order valence-corrected chi connectivity index (χ4v) is 5.44. The summed E-state index contributed by atoms with van der Waals surface area (Å²) in [6.07, 6.45) is 1.95. The van der Waals surface area contributed by atoms with Crippen LogP contribution in [0.5, 0.6) is 0 Å². The van der Waals surface area contributed by atoms with Gasteiger partial charge in [-0.3, -0.25) is 4.79 Å². The molecule has 0 aliphatic heterocycles. The SMILES string of the molecule is Cc1nc(Cc2cccc3ccccc23)sc1CC(=O)Nc1nnc(CC(C)C)s1. The van der Waals surface area contributed by atoms with Gasteiger partial charge < -0.3 is 5.32 Å². The molecular formula is C23H24N4OS2. The number of carbonyl (C=O) groups is 1. The lowest BCUT2D eigenvalue weighted by molar-refractivity contribution is -0.115. The summed E-state index contributed by atoms with van der Waals surface area (Å²) >= 11 is 3.06. The number of nitrogens with one attached hydrogen (secondary N) is 1. The summed E-state index contributed by atoms with van der Waals surface area (Å²) in [5, 5.41) is 16.1. The van der Waals surface area contributed by atoms with Gasteiger partial charge in [0.2, 0.25) is 11.0 Å². The average molecular weight is 437 g/mol. The Hall–Kier alpha value is -2.64. The van der Waals surface area contributed by atoms with Gasteiger partial charge in [-0.2, -0.15) is 0 Å². The molecule has 0 spiro atoms. The lowest BCUT2D eigenvalue weighted by atomic mass is 10.0. The van der Waals surface area contributed by atoms with Gasteiger partial charge in [-0.15, -0.1) is 21.5 Å². The summed E-state index contributed by atoms with van der Waals surface area (Å²) in [5.41, 5.74) is 2.17. The smallest absolute Gasteiger partial charge is 0.231 e. The Morgan fingerprint density at radius 1 is 1.03 bits per heavy atom. The van der Waals surface area contributed by atoms with E-state index in [1.54, 1.807) is 11.3 Å². The molecule has 5 nitrogen and oxygen atoms in total. The van der Waals surface area contributed by atoms with E-state index in [1.165, 1.54) is 27.7 Å². The topological polar surface area (TPSA) is 67.8 Å². The first-order chi connectivity index (χ1) is 14.5. The van der Waals surface area contributed by atoms with Crippen molar-refractivity contribution in [2.45, 2.75) is 40.0 Å². The van der Waals surface area contributed by atoms with Crippen LogP contribution in [0, 0.1) is 12.8 Å². The summed E-state index contributed by atoms with van der Waals surface area (Å²) in [6.45, 7) is 6.25. The van der Waals surface area contributed by atoms with Crippen LogP contribution >= 0.6 is 22.7 Å². The largest absolute Gasteiger partial charge is 0.300 e. The summed E-state index contributed by atoms with van der Waals surface area (Å²) in [5.74, 6) is 0.437. The number of benzene rings is 2. The highest BCUT2D eigenvalue weighted by Gasteiger charge is 2.15. The van der Waals surface area contributed by atoms with Crippen LogP contribution in [0.25, 0.3) is 10.8 Å². The first-order valence-corrected chi connectivity index (χ1v) is 11.7. The van der Waals surface area contributed by atoms with E-state index in [9.17, 15) is 4.79 Å². The molecule has 2 aromatic heterocycles. The molecule has 0 aliphatic rings. The van der Waals surface area contributed by atoms with Crippen LogP contribution in [0.1, 0.15) is 40.0 Å². The van der Waals surface area contributed by atoms with E-state index in [0.29, 0.717) is 17.5 Å². The quantitative estimate of drug-likeness (QED) is 0.420. The van der Waals surface area contributed by atoms with E-state index in [-0.39, 0.29) is 5.91 Å². The van der Waals surface area contributed by atoms with Crippen molar-refractivity contribution >= 4 is 44.5 Å². The molecule has 0 unspecified atom stereocenters. The predicted molar refractivity (Wildman–Crippen MR) is 124 cm³/mol. The van der Waals surface area contributed by atoms with Gasteiger partial charge in [0.15, 0.2) is 0 Å². The number of hydrogen-bond acceptors (Lipinski definition) is 6. The van der Waals surface area contributed by atoms with E-state index in [0.717, 1.165) is 33.4 Å². The normalized spacial score (nSPS) is 11.3. The highest BCUT2D eigenvalue weighted by atomic mass is 32.1. The highest BCUT2D eigenvalue weighted by Crippen LogP contribution is 2.26. The molecule has 0 aliphatic carbocycles. The maximum Gasteiger partial charge on any atom is 0.231 e. The Balaban J connectivity index is 1.43. The Bertz CT molecular complexity index is 1170. The molecule has 0 atom stereocenters. The molecule has 4 rings (SSSR count). The van der Waals surface area contributed by atoms with E-state index in [1.807, 2.05) is 6.92 Å². The van der Waals surface area contributed by atoms with Crippen LogP contribution in [0.15, 0.2) is 42.5 Å². The van der Waals surface area contributed by atoms with Gasteiger partial charge in [0.25, 0.3) is 0 Å². The van der Waals surface area contributed by atoms with Crippen LogP contribution in [0.4, 0.5) is 5.13 Å². The zero-order valence-corrected chi connectivity index (χ0v) is 18.9. The van der Waals surface area contributed by atoms with Gasteiger partial charge in [-0.1, -0.05) is 67.6 Å². The predicted octanol–water partition coefficient (Wildman–Crippen LogP) is 5.43. The third-order valence-corrected chi connectivity index (χ3v) is 6.79. The molecule has 0 fully saturated rings. The van der Waals surface area contributed by atoms with Crippen molar-refractivity contribution in [2.24, 2.45) is 5.92 Å². The molecule has 30 heavy (non-hydrogen) atoms. The van der Waals surface area contributed by atoms with Crippen LogP contribution in [-0.4, -0.2) is 21.1 Å². The number of anilines is 1. The van der Waals surface area contributed by atoms with E-state index in [2.05, 4.69) is 71.8 Å². The van der Waals surface area contributed by atoms with Gasteiger partial charge >= 0.3 is 0 Å². The minimum Gasteiger partial charge on any atom is -0.300 e. The zero-order valence-electron chi connectivity index (χ0n) is 17.3. The van der Waals surface area contributed by atoms with Crippen molar-refractivity contribution in [3.63, 3.8) is 0 Å². The Labute approximate surface area is 184 Å². The number of aryl methyl sites for hydroxylation is 1. The Morgan fingerprint density at radius 2 is 1.83 bits per heavy atom. The number of carbonyl (C=O) groups excluding carboxylic acids is 1. The zero-order chi connectivity index (χ0) is 21.1. The number of rotatable bonds is 7. The molecular weight excluding hydrogens is 412 g/mol. The van der Waals surface area contributed by atoms with Gasteiger partial charge in [0.05, 0.1) is 17.1 Å². The molecule has 4 aromatic rings. The van der Waals surface area contributed by atoms with Gasteiger partial charge in [0.1, 0.15) is 5.01 Å². The second-order valence-corrected chi connectivity index (χ2v) is 9.99. The van der Waals surface area contributed by atoms with Crippen molar-refractivity contribution < 1.29 is 4.79 Å². The molecule has 0 radical (unpaired) electrons. The van der Waals surface area contributed by atoms with Crippen molar-refractivity contribution in [2.75, 3.05) is 5.32 Å². The van der Waals surface area contributed by atoms with Crippen LogP contribution < -0.4 is 5.32 Å². The Morgan fingerprint density at radius 3 is 2.67 bits per heavy atom. The second-order valence-electron chi connectivity index (χ2n) is 7.76. The molecule has 2 heterocycles. The minimum absolute atomic E-state index is 0.0780. The number of aromatic nitrogens is 3. The maximum absolute atomic E-state index is 12.5. The Kier molecular flexibility index (Phi) is 6.20. The van der Waals surface area contributed by atoms with Crippen LogP contribution in [0.3, 0.4) is 0 Å². The van der Waals surface area contributed by atoms with E-state index in [4.69, 9.17) is 4.98 Å². The van der Waals surface area contributed by atoms with Gasteiger partial charge in [0, 0.05) is 17.7 Å². The molecule has 2 aromatic carbocycles. The summed E-state index contributed by atoms with van der Waals surface area (Å²) < 4.78 is 0. The molecule has 1 N–H and O–H groups in total. The maximum atomic E-state index is 12.5. The standard InChI is InChI=1S/C23H24N4OS2/c1-14(2)11-22-26-27-23(30-22)25-20(28)13-19-15(3)24-21(29-19)12-17-9-6-8-16-7-4-5-10-18(16)17/h4-10,14H,11-13H2,1-3H3,(H,25,27,28). The fraction of sp³-hybridized carbons (Fsp3) is 0.304. The highest BCUT2D eigenvalue weighted by molar-refractivity contribution is 7.15. The summed E-state index contributed by atoms with van der Waals surface area (Å²) in [6, 6.07) is 14.8. The third kappa shape index (κ3) is 4.91. The molecule has 0 bridgehead atoms. The number of thiazole rings is 1. The van der Waals surface area contributed by atoms with E-state index >= 15 is 0 Å². The number of amides is 1. The molecule has 0 saturated carbocycles. The fourth-order valence-electron chi connectivity index (χ4n) is 3.38. The number of nitrogens with zero attached hydrogens (tertiary/aromatic N) is 3. The number of hydrogen-bond donors (Lipinski definition) is 1. The first-order valence-electron chi connectivity index (χ1n) is 10.0. The molecule has 7 heteroatoms. The van der Waals surface area contributed by atoms with Gasteiger partial charge in [-0.05, 0) is 29.2 Å². The van der Waals surface area contributed by atoms with Crippen molar-refractivity contribution in [1.82, 2.24) is 15.2 Å². The van der Waals surface area contributed by atoms with Crippen molar-refractivity contribution in [1.29, 1.82) is 0 Å². The first kappa shape index (κ1) is 20.6. The molecule has 1 amide bonds. The summed E-state index contributed by atoms with van der Waals surface area (Å²) in [7, 11) is 0.